The molecule has 1 aliphatic heterocycles. The minimum atomic E-state index is 0.785. The van der Waals surface area contributed by atoms with Gasteiger partial charge >= 0.3 is 0 Å². The summed E-state index contributed by atoms with van der Waals surface area (Å²) in [5.74, 6) is 0. The molecule has 0 amide bonds. The Bertz CT molecular complexity index is 527. The summed E-state index contributed by atoms with van der Waals surface area (Å²) >= 11 is 3.42. The topological polar surface area (TPSA) is 42.7 Å². The summed E-state index contributed by atoms with van der Waals surface area (Å²) in [4.78, 5) is 0. The molecular weight excluding hydrogens is 268 g/mol. The Hall–Kier alpha value is -1.36. The van der Waals surface area contributed by atoms with Gasteiger partial charge in [0.15, 0.2) is 4.60 Å². The van der Waals surface area contributed by atoms with Crippen LogP contribution in [0.25, 0.3) is 11.3 Å². The molecule has 1 aromatic carbocycles. The molecule has 16 heavy (non-hydrogen) atoms. The monoisotopic (exact) mass is 278 g/mol. The van der Waals surface area contributed by atoms with E-state index < -0.39 is 0 Å². The van der Waals surface area contributed by atoms with Crippen molar-refractivity contribution >= 4 is 21.6 Å². The van der Waals surface area contributed by atoms with Gasteiger partial charge in [0.1, 0.15) is 5.69 Å². The molecule has 2 heterocycles. The van der Waals surface area contributed by atoms with E-state index in [1.54, 1.807) is 4.68 Å². The number of hydrogen-bond donors (Lipinski definition) is 1. The van der Waals surface area contributed by atoms with Crippen LogP contribution in [0.3, 0.4) is 0 Å². The summed E-state index contributed by atoms with van der Waals surface area (Å²) in [5, 5.41) is 11.4. The van der Waals surface area contributed by atoms with E-state index in [0.717, 1.165) is 28.8 Å². The summed E-state index contributed by atoms with van der Waals surface area (Å²) in [6.07, 6.45) is 1.11. The van der Waals surface area contributed by atoms with E-state index in [4.69, 9.17) is 0 Å². The quantitative estimate of drug-likeness (QED) is 0.870. The molecule has 0 aliphatic carbocycles. The molecular formula is C11H11BrN4. The van der Waals surface area contributed by atoms with Crippen LogP contribution in [-0.2, 0) is 13.5 Å². The van der Waals surface area contributed by atoms with Gasteiger partial charge < -0.3 is 5.32 Å². The Balaban J connectivity index is 2.14. The lowest BCUT2D eigenvalue weighted by Gasteiger charge is -2.05. The lowest BCUT2D eigenvalue weighted by molar-refractivity contribution is 0.720. The molecule has 0 saturated heterocycles. The molecule has 2 aromatic rings. The Morgan fingerprint density at radius 2 is 2.31 bits per heavy atom. The summed E-state index contributed by atoms with van der Waals surface area (Å²) in [7, 11) is 1.90. The third-order valence-corrected chi connectivity index (χ3v) is 3.41. The number of aryl methyl sites for hydroxylation is 1. The van der Waals surface area contributed by atoms with Gasteiger partial charge in [-0.25, -0.2) is 4.68 Å². The zero-order valence-corrected chi connectivity index (χ0v) is 10.5. The molecule has 1 N–H and O–H groups in total. The molecule has 0 bridgehead atoms. The fraction of sp³-hybridized carbons (Fsp3) is 0.273. The largest absolute Gasteiger partial charge is 0.384 e. The summed E-state index contributed by atoms with van der Waals surface area (Å²) in [6, 6.07) is 6.45. The van der Waals surface area contributed by atoms with Crippen molar-refractivity contribution in [3.05, 3.63) is 28.4 Å². The second kappa shape index (κ2) is 3.59. The molecule has 3 rings (SSSR count). The van der Waals surface area contributed by atoms with E-state index in [9.17, 15) is 0 Å². The third kappa shape index (κ3) is 1.43. The number of aromatic nitrogens is 3. The minimum absolute atomic E-state index is 0.785. The molecule has 1 aliphatic rings. The normalized spacial score (nSPS) is 13.6. The fourth-order valence-electron chi connectivity index (χ4n) is 2.08. The molecule has 0 radical (unpaired) electrons. The molecule has 5 heteroatoms. The van der Waals surface area contributed by atoms with Gasteiger partial charge in [-0.2, -0.15) is 0 Å². The number of nitrogens with zero attached hydrogens (tertiary/aromatic N) is 3. The summed E-state index contributed by atoms with van der Waals surface area (Å²) in [6.45, 7) is 1.03. The summed E-state index contributed by atoms with van der Waals surface area (Å²) in [5.41, 5.74) is 4.75. The Morgan fingerprint density at radius 1 is 1.44 bits per heavy atom. The van der Waals surface area contributed by atoms with E-state index in [-0.39, 0.29) is 0 Å². The molecule has 0 atom stereocenters. The van der Waals surface area contributed by atoms with Gasteiger partial charge in [0.2, 0.25) is 0 Å². The Kier molecular flexibility index (Phi) is 2.21. The lowest BCUT2D eigenvalue weighted by atomic mass is 10.1. The molecule has 1 aromatic heterocycles. The first kappa shape index (κ1) is 9.84. The maximum absolute atomic E-state index is 4.00. The van der Waals surface area contributed by atoms with Crippen molar-refractivity contribution in [2.24, 2.45) is 7.05 Å². The smallest absolute Gasteiger partial charge is 0.156 e. The van der Waals surface area contributed by atoms with Crippen LogP contribution in [0.1, 0.15) is 5.56 Å². The Labute approximate surface area is 102 Å². The highest BCUT2D eigenvalue weighted by Crippen LogP contribution is 2.31. The average molecular weight is 279 g/mol. The van der Waals surface area contributed by atoms with Crippen molar-refractivity contribution in [2.45, 2.75) is 6.42 Å². The van der Waals surface area contributed by atoms with Crippen LogP contribution in [0.4, 0.5) is 5.69 Å². The van der Waals surface area contributed by atoms with E-state index in [1.165, 1.54) is 11.3 Å². The maximum Gasteiger partial charge on any atom is 0.156 e. The van der Waals surface area contributed by atoms with Crippen LogP contribution < -0.4 is 5.32 Å². The van der Waals surface area contributed by atoms with Gasteiger partial charge in [0, 0.05) is 24.8 Å². The van der Waals surface area contributed by atoms with Crippen molar-refractivity contribution in [3.8, 4) is 11.3 Å². The van der Waals surface area contributed by atoms with E-state index in [1.807, 2.05) is 7.05 Å². The fourth-order valence-corrected chi connectivity index (χ4v) is 2.63. The Morgan fingerprint density at radius 3 is 3.06 bits per heavy atom. The van der Waals surface area contributed by atoms with Gasteiger partial charge in [-0.05, 0) is 34.0 Å². The number of rotatable bonds is 1. The lowest BCUT2D eigenvalue weighted by Crippen LogP contribution is -1.95. The molecule has 4 nitrogen and oxygen atoms in total. The van der Waals surface area contributed by atoms with Crippen LogP contribution in [-0.4, -0.2) is 21.5 Å². The number of benzene rings is 1. The van der Waals surface area contributed by atoms with Gasteiger partial charge in [-0.1, -0.05) is 17.3 Å². The number of hydrogen-bond acceptors (Lipinski definition) is 3. The van der Waals surface area contributed by atoms with Crippen LogP contribution in [0.2, 0.25) is 0 Å². The highest BCUT2D eigenvalue weighted by atomic mass is 79.9. The standard InChI is InChI=1S/C11H11BrN4/c1-16-10(11(12)14-15-16)8-3-2-7-4-5-13-9(7)6-8/h2-3,6,13H,4-5H2,1H3. The molecule has 0 saturated carbocycles. The van der Waals surface area contributed by atoms with E-state index in [2.05, 4.69) is 49.8 Å². The predicted molar refractivity (Wildman–Crippen MR) is 66.3 cm³/mol. The first-order valence-electron chi connectivity index (χ1n) is 5.18. The maximum atomic E-state index is 4.00. The summed E-state index contributed by atoms with van der Waals surface area (Å²) < 4.78 is 2.56. The van der Waals surface area contributed by atoms with Crippen molar-refractivity contribution in [3.63, 3.8) is 0 Å². The van der Waals surface area contributed by atoms with Crippen LogP contribution >= 0.6 is 15.9 Å². The highest BCUT2D eigenvalue weighted by molar-refractivity contribution is 9.10. The first-order valence-corrected chi connectivity index (χ1v) is 5.97. The molecule has 82 valence electrons. The number of fused-ring (bicyclic) bond motifs is 1. The number of halogens is 1. The zero-order valence-electron chi connectivity index (χ0n) is 8.87. The van der Waals surface area contributed by atoms with Gasteiger partial charge in [-0.15, -0.1) is 5.10 Å². The van der Waals surface area contributed by atoms with Crippen LogP contribution in [0.15, 0.2) is 22.8 Å². The van der Waals surface area contributed by atoms with Gasteiger partial charge in [0.25, 0.3) is 0 Å². The van der Waals surface area contributed by atoms with Crippen LogP contribution in [0.5, 0.6) is 0 Å². The van der Waals surface area contributed by atoms with Crippen molar-refractivity contribution in [2.75, 3.05) is 11.9 Å². The van der Waals surface area contributed by atoms with Crippen molar-refractivity contribution < 1.29 is 0 Å². The van der Waals surface area contributed by atoms with Crippen molar-refractivity contribution in [1.82, 2.24) is 15.0 Å². The molecule has 0 spiro atoms. The number of nitrogens with one attached hydrogen (secondary N) is 1. The van der Waals surface area contributed by atoms with Gasteiger partial charge in [-0.3, -0.25) is 0 Å². The predicted octanol–water partition coefficient (Wildman–Crippen LogP) is 2.21. The zero-order chi connectivity index (χ0) is 11.1. The second-order valence-electron chi connectivity index (χ2n) is 3.90. The highest BCUT2D eigenvalue weighted by Gasteiger charge is 2.14. The third-order valence-electron chi connectivity index (χ3n) is 2.88. The van der Waals surface area contributed by atoms with Crippen molar-refractivity contribution in [1.29, 1.82) is 0 Å². The van der Waals surface area contributed by atoms with Gasteiger partial charge in [0.05, 0.1) is 0 Å². The van der Waals surface area contributed by atoms with E-state index in [0.29, 0.717) is 0 Å². The number of anilines is 1. The average Bonchev–Trinajstić information content (AvgIpc) is 2.85. The second-order valence-corrected chi connectivity index (χ2v) is 4.65. The van der Waals surface area contributed by atoms with Crippen LogP contribution in [0, 0.1) is 0 Å². The molecule has 0 fully saturated rings. The first-order chi connectivity index (χ1) is 7.75. The molecule has 0 unspecified atom stereocenters. The SMILES string of the molecule is Cn1nnc(Br)c1-c1ccc2c(c1)NCC2. The minimum Gasteiger partial charge on any atom is -0.384 e. The van der Waals surface area contributed by atoms with E-state index >= 15 is 0 Å².